The van der Waals surface area contributed by atoms with Gasteiger partial charge in [0.25, 0.3) is 0 Å². The van der Waals surface area contributed by atoms with Gasteiger partial charge in [-0.3, -0.25) is 0 Å². The first-order valence-electron chi connectivity index (χ1n) is 5.66. The first-order valence-corrected chi connectivity index (χ1v) is 7.33. The maximum absolute atomic E-state index is 4.44. The molecular formula is C11H18BrN3S. The second kappa shape index (κ2) is 5.47. The standard InChI is InChI=1S/C11H18BrN3S/c1-14-5-3-9(4-6-14)7-15(2)11-13-10(12)8-16-11/h8-9H,3-7H2,1-2H3. The summed E-state index contributed by atoms with van der Waals surface area (Å²) in [7, 11) is 4.35. The van der Waals surface area contributed by atoms with E-state index in [9.17, 15) is 0 Å². The van der Waals surface area contributed by atoms with Gasteiger partial charge in [-0.1, -0.05) is 0 Å². The fourth-order valence-electron chi connectivity index (χ4n) is 2.13. The van der Waals surface area contributed by atoms with Crippen LogP contribution in [0.3, 0.4) is 0 Å². The van der Waals surface area contributed by atoms with Crippen LogP contribution in [0, 0.1) is 5.92 Å². The molecule has 5 heteroatoms. The molecule has 3 nitrogen and oxygen atoms in total. The summed E-state index contributed by atoms with van der Waals surface area (Å²) in [4.78, 5) is 9.14. The number of rotatable bonds is 3. The van der Waals surface area contributed by atoms with Crippen molar-refractivity contribution in [2.75, 3.05) is 38.6 Å². The zero-order valence-corrected chi connectivity index (χ0v) is 12.2. The predicted molar refractivity (Wildman–Crippen MR) is 73.3 cm³/mol. The van der Waals surface area contributed by atoms with Crippen molar-refractivity contribution in [3.8, 4) is 0 Å². The largest absolute Gasteiger partial charge is 0.351 e. The number of anilines is 1. The van der Waals surface area contributed by atoms with E-state index in [0.29, 0.717) is 0 Å². The Bertz CT molecular complexity index is 334. The van der Waals surface area contributed by atoms with Gasteiger partial charge >= 0.3 is 0 Å². The number of nitrogens with zero attached hydrogens (tertiary/aromatic N) is 3. The van der Waals surface area contributed by atoms with Crippen LogP contribution in [0.2, 0.25) is 0 Å². The molecule has 1 fully saturated rings. The van der Waals surface area contributed by atoms with Crippen LogP contribution >= 0.6 is 27.3 Å². The molecule has 0 unspecified atom stereocenters. The molecule has 0 spiro atoms. The average molecular weight is 304 g/mol. The van der Waals surface area contributed by atoms with Crippen molar-refractivity contribution in [2.24, 2.45) is 5.92 Å². The van der Waals surface area contributed by atoms with Crippen LogP contribution < -0.4 is 4.90 Å². The summed E-state index contributed by atoms with van der Waals surface area (Å²) >= 11 is 5.10. The molecule has 0 aromatic carbocycles. The van der Waals surface area contributed by atoms with Gasteiger partial charge in [0.2, 0.25) is 0 Å². The van der Waals surface area contributed by atoms with Gasteiger partial charge in [-0.25, -0.2) is 4.98 Å². The topological polar surface area (TPSA) is 19.4 Å². The average Bonchev–Trinajstić information content (AvgIpc) is 2.68. The Morgan fingerprint density at radius 3 is 2.81 bits per heavy atom. The van der Waals surface area contributed by atoms with Gasteiger partial charge in [0.1, 0.15) is 4.60 Å². The van der Waals surface area contributed by atoms with E-state index in [1.807, 2.05) is 5.38 Å². The summed E-state index contributed by atoms with van der Waals surface area (Å²) in [6, 6.07) is 0. The summed E-state index contributed by atoms with van der Waals surface area (Å²) in [6.07, 6.45) is 2.63. The lowest BCUT2D eigenvalue weighted by Gasteiger charge is -2.31. The summed E-state index contributed by atoms with van der Waals surface area (Å²) in [5, 5.41) is 3.16. The maximum atomic E-state index is 4.44. The smallest absolute Gasteiger partial charge is 0.186 e. The van der Waals surface area contributed by atoms with Gasteiger partial charge in [-0.15, -0.1) is 11.3 Å². The minimum atomic E-state index is 0.823. The summed E-state index contributed by atoms with van der Waals surface area (Å²) in [5.74, 6) is 0.823. The van der Waals surface area contributed by atoms with E-state index in [1.54, 1.807) is 11.3 Å². The third-order valence-corrected chi connectivity index (χ3v) is 4.82. The van der Waals surface area contributed by atoms with Gasteiger partial charge < -0.3 is 9.80 Å². The Morgan fingerprint density at radius 2 is 2.25 bits per heavy atom. The molecule has 0 amide bonds. The van der Waals surface area contributed by atoms with E-state index >= 15 is 0 Å². The second-order valence-corrected chi connectivity index (χ2v) is 6.23. The molecule has 0 atom stereocenters. The van der Waals surface area contributed by atoms with Crippen LogP contribution in [0.25, 0.3) is 0 Å². The number of thiazole rings is 1. The van der Waals surface area contributed by atoms with Gasteiger partial charge in [0, 0.05) is 19.0 Å². The lowest BCUT2D eigenvalue weighted by molar-refractivity contribution is 0.222. The minimum Gasteiger partial charge on any atom is -0.351 e. The summed E-state index contributed by atoms with van der Waals surface area (Å²) < 4.78 is 0.947. The molecule has 2 heterocycles. The van der Waals surface area contributed by atoms with E-state index in [4.69, 9.17) is 0 Å². The first-order chi connectivity index (χ1) is 7.65. The van der Waals surface area contributed by atoms with Crippen molar-refractivity contribution in [1.29, 1.82) is 0 Å². The summed E-state index contributed by atoms with van der Waals surface area (Å²) in [6.45, 7) is 3.61. The quantitative estimate of drug-likeness (QED) is 0.856. The number of piperidine rings is 1. The molecule has 1 saturated heterocycles. The third-order valence-electron chi connectivity index (χ3n) is 3.16. The van der Waals surface area contributed by atoms with Crippen LogP contribution in [-0.2, 0) is 0 Å². The highest BCUT2D eigenvalue weighted by Gasteiger charge is 2.19. The van der Waals surface area contributed by atoms with Crippen molar-refractivity contribution >= 4 is 32.4 Å². The predicted octanol–water partition coefficient (Wildman–Crippen LogP) is 2.68. The fraction of sp³-hybridized carbons (Fsp3) is 0.727. The monoisotopic (exact) mass is 303 g/mol. The van der Waals surface area contributed by atoms with Crippen molar-refractivity contribution < 1.29 is 0 Å². The van der Waals surface area contributed by atoms with Crippen LogP contribution in [0.4, 0.5) is 5.13 Å². The molecule has 16 heavy (non-hydrogen) atoms. The normalized spacial score (nSPS) is 18.9. The molecule has 0 bridgehead atoms. The van der Waals surface area contributed by atoms with Gasteiger partial charge in [-0.05, 0) is 54.8 Å². The molecule has 2 rings (SSSR count). The highest BCUT2D eigenvalue weighted by molar-refractivity contribution is 9.10. The first kappa shape index (κ1) is 12.3. The Morgan fingerprint density at radius 1 is 1.56 bits per heavy atom. The molecule has 1 aromatic heterocycles. The zero-order valence-electron chi connectivity index (χ0n) is 9.82. The van der Waals surface area contributed by atoms with Crippen molar-refractivity contribution in [1.82, 2.24) is 9.88 Å². The SMILES string of the molecule is CN1CCC(CN(C)c2nc(Br)cs2)CC1. The van der Waals surface area contributed by atoms with E-state index in [0.717, 1.165) is 22.2 Å². The third kappa shape index (κ3) is 3.18. The molecule has 0 aliphatic carbocycles. The fourth-order valence-corrected chi connectivity index (χ4v) is 3.36. The number of aromatic nitrogens is 1. The zero-order chi connectivity index (χ0) is 11.5. The Hall–Kier alpha value is -0.130. The van der Waals surface area contributed by atoms with E-state index < -0.39 is 0 Å². The van der Waals surface area contributed by atoms with Crippen LogP contribution in [0.15, 0.2) is 9.98 Å². The summed E-state index contributed by atoms with van der Waals surface area (Å²) in [5.41, 5.74) is 0. The molecule has 1 aliphatic heterocycles. The van der Waals surface area contributed by atoms with Crippen molar-refractivity contribution in [3.63, 3.8) is 0 Å². The number of likely N-dealkylation sites (tertiary alicyclic amines) is 1. The molecular weight excluding hydrogens is 286 g/mol. The van der Waals surface area contributed by atoms with Crippen LogP contribution in [-0.4, -0.2) is 43.6 Å². The lowest BCUT2D eigenvalue weighted by atomic mass is 9.97. The molecule has 0 N–H and O–H groups in total. The van der Waals surface area contributed by atoms with Gasteiger partial charge in [0.15, 0.2) is 5.13 Å². The van der Waals surface area contributed by atoms with Crippen LogP contribution in [0.5, 0.6) is 0 Å². The second-order valence-electron chi connectivity index (χ2n) is 4.58. The van der Waals surface area contributed by atoms with Crippen molar-refractivity contribution in [2.45, 2.75) is 12.8 Å². The number of halogens is 1. The van der Waals surface area contributed by atoms with E-state index in [2.05, 4.69) is 44.8 Å². The lowest BCUT2D eigenvalue weighted by Crippen LogP contribution is -2.35. The Labute approximate surface area is 110 Å². The van der Waals surface area contributed by atoms with Crippen molar-refractivity contribution in [3.05, 3.63) is 9.98 Å². The van der Waals surface area contributed by atoms with Crippen LogP contribution in [0.1, 0.15) is 12.8 Å². The molecule has 1 aliphatic rings. The minimum absolute atomic E-state index is 0.823. The Balaban J connectivity index is 1.85. The number of hydrogen-bond acceptors (Lipinski definition) is 4. The van der Waals surface area contributed by atoms with E-state index in [1.165, 1.54) is 25.9 Å². The Kier molecular flexibility index (Phi) is 4.21. The molecule has 1 aromatic rings. The molecule has 90 valence electrons. The van der Waals surface area contributed by atoms with Gasteiger partial charge in [-0.2, -0.15) is 0 Å². The number of hydrogen-bond donors (Lipinski definition) is 0. The molecule has 0 radical (unpaired) electrons. The van der Waals surface area contributed by atoms with Gasteiger partial charge in [0.05, 0.1) is 0 Å². The highest BCUT2D eigenvalue weighted by atomic mass is 79.9. The highest BCUT2D eigenvalue weighted by Crippen LogP contribution is 2.25. The molecule has 0 saturated carbocycles. The maximum Gasteiger partial charge on any atom is 0.186 e. The van der Waals surface area contributed by atoms with E-state index in [-0.39, 0.29) is 0 Å².